The number of carboxylic acids is 1. The summed E-state index contributed by atoms with van der Waals surface area (Å²) in [5, 5.41) is 10.3. The monoisotopic (exact) mass is 280 g/mol. The Bertz CT molecular complexity index is 448. The summed E-state index contributed by atoms with van der Waals surface area (Å²) in [6.07, 6.45) is 5.39. The highest BCUT2D eigenvalue weighted by atomic mass is 35.5. The van der Waals surface area contributed by atoms with Crippen LogP contribution in [0.3, 0.4) is 0 Å². The molecule has 0 bridgehead atoms. The Labute approximate surface area is 119 Å². The third kappa shape index (κ3) is 3.30. The third-order valence-corrected chi connectivity index (χ3v) is 4.76. The van der Waals surface area contributed by atoms with Gasteiger partial charge in [-0.05, 0) is 55.7 Å². The van der Waals surface area contributed by atoms with Gasteiger partial charge < -0.3 is 5.11 Å². The normalized spacial score (nSPS) is 27.2. The minimum absolute atomic E-state index is 0.587. The lowest BCUT2D eigenvalue weighted by molar-refractivity contribution is -0.151. The smallest absolute Gasteiger partial charge is 0.309 e. The lowest BCUT2D eigenvalue weighted by Gasteiger charge is -2.36. The van der Waals surface area contributed by atoms with E-state index < -0.39 is 11.4 Å². The second-order valence-corrected chi connectivity index (χ2v) is 6.18. The van der Waals surface area contributed by atoms with Crippen LogP contribution in [0.1, 0.15) is 44.6 Å². The molecule has 19 heavy (non-hydrogen) atoms. The van der Waals surface area contributed by atoms with Crippen LogP contribution in [0.15, 0.2) is 24.3 Å². The number of rotatable bonds is 4. The van der Waals surface area contributed by atoms with Crippen molar-refractivity contribution in [3.8, 4) is 0 Å². The number of carboxylic acid groups (broad SMARTS) is 1. The van der Waals surface area contributed by atoms with E-state index in [0.29, 0.717) is 17.4 Å². The molecule has 104 valence electrons. The molecule has 1 saturated carbocycles. The molecule has 1 N–H and O–H groups in total. The molecule has 0 atom stereocenters. The minimum Gasteiger partial charge on any atom is -0.481 e. The number of benzene rings is 1. The predicted octanol–water partition coefficient (Wildman–Crippen LogP) is 4.55. The molecule has 0 amide bonds. The largest absolute Gasteiger partial charge is 0.481 e. The summed E-state index contributed by atoms with van der Waals surface area (Å²) in [5.41, 5.74) is 0.445. The van der Waals surface area contributed by atoms with E-state index in [0.717, 1.165) is 37.7 Å². The fourth-order valence-corrected chi connectivity index (χ4v) is 3.36. The molecular weight excluding hydrogens is 260 g/mol. The van der Waals surface area contributed by atoms with Crippen molar-refractivity contribution in [3.05, 3.63) is 34.9 Å². The van der Waals surface area contributed by atoms with Crippen molar-refractivity contribution in [1.82, 2.24) is 0 Å². The second-order valence-electron chi connectivity index (χ2n) is 5.74. The number of carbonyl (C=O) groups is 1. The lowest BCUT2D eigenvalue weighted by atomic mass is 9.67. The highest BCUT2D eigenvalue weighted by Gasteiger charge is 2.41. The summed E-state index contributed by atoms with van der Waals surface area (Å²) in [6, 6.07) is 7.58. The maximum absolute atomic E-state index is 11.7. The van der Waals surface area contributed by atoms with Crippen LogP contribution < -0.4 is 0 Å². The Balaban J connectivity index is 2.15. The summed E-state index contributed by atoms with van der Waals surface area (Å²) in [4.78, 5) is 11.7. The van der Waals surface area contributed by atoms with Crippen molar-refractivity contribution in [2.75, 3.05) is 0 Å². The van der Waals surface area contributed by atoms with Gasteiger partial charge in [0.2, 0.25) is 0 Å². The Morgan fingerprint density at radius 1 is 1.42 bits per heavy atom. The van der Waals surface area contributed by atoms with Gasteiger partial charge >= 0.3 is 5.97 Å². The molecule has 1 aromatic carbocycles. The molecule has 3 heteroatoms. The fraction of sp³-hybridized carbons (Fsp3) is 0.562. The molecule has 0 spiro atoms. The average Bonchev–Trinajstić information content (AvgIpc) is 2.39. The number of hydrogen-bond donors (Lipinski definition) is 1. The fourth-order valence-electron chi connectivity index (χ4n) is 3.14. The summed E-state index contributed by atoms with van der Waals surface area (Å²) in [7, 11) is 0. The van der Waals surface area contributed by atoms with Gasteiger partial charge in [-0.25, -0.2) is 0 Å². The van der Waals surface area contributed by atoms with E-state index in [9.17, 15) is 9.90 Å². The molecule has 1 fully saturated rings. The lowest BCUT2D eigenvalue weighted by Crippen LogP contribution is -2.37. The van der Waals surface area contributed by atoms with Gasteiger partial charge in [0.1, 0.15) is 0 Å². The molecule has 0 unspecified atom stereocenters. The Morgan fingerprint density at radius 3 is 2.63 bits per heavy atom. The Hall–Kier alpha value is -1.02. The maximum atomic E-state index is 11.7. The molecule has 0 radical (unpaired) electrons. The Morgan fingerprint density at radius 2 is 2.11 bits per heavy atom. The van der Waals surface area contributed by atoms with Crippen LogP contribution in [0, 0.1) is 11.3 Å². The van der Waals surface area contributed by atoms with Crippen LogP contribution in [-0.4, -0.2) is 11.1 Å². The molecule has 0 saturated heterocycles. The highest BCUT2D eigenvalue weighted by Crippen LogP contribution is 2.42. The van der Waals surface area contributed by atoms with E-state index in [1.54, 1.807) is 0 Å². The van der Waals surface area contributed by atoms with Gasteiger partial charge in [-0.3, -0.25) is 4.79 Å². The molecule has 2 nitrogen and oxygen atoms in total. The van der Waals surface area contributed by atoms with Crippen molar-refractivity contribution in [3.63, 3.8) is 0 Å². The second kappa shape index (κ2) is 5.96. The van der Waals surface area contributed by atoms with Crippen molar-refractivity contribution in [2.24, 2.45) is 11.3 Å². The van der Waals surface area contributed by atoms with Crippen molar-refractivity contribution in [2.45, 2.75) is 45.4 Å². The topological polar surface area (TPSA) is 37.3 Å². The Kier molecular flexibility index (Phi) is 4.51. The molecule has 0 aromatic heterocycles. The summed E-state index contributed by atoms with van der Waals surface area (Å²) >= 11 is 5.99. The first kappa shape index (κ1) is 14.4. The van der Waals surface area contributed by atoms with Gasteiger partial charge in [0.15, 0.2) is 0 Å². The summed E-state index contributed by atoms with van der Waals surface area (Å²) in [6.45, 7) is 2.19. The summed E-state index contributed by atoms with van der Waals surface area (Å²) in [5.74, 6) is 0.0499. The first-order valence-corrected chi connectivity index (χ1v) is 7.41. The third-order valence-electron chi connectivity index (χ3n) is 4.52. The SMILES string of the molecule is CCC1CCC(Cc2cccc(Cl)c2)(C(=O)O)CC1. The van der Waals surface area contributed by atoms with Gasteiger partial charge in [0.05, 0.1) is 5.41 Å². The molecule has 1 aromatic rings. The van der Waals surface area contributed by atoms with E-state index in [4.69, 9.17) is 11.6 Å². The zero-order valence-corrected chi connectivity index (χ0v) is 12.1. The van der Waals surface area contributed by atoms with Crippen LogP contribution in [0.4, 0.5) is 0 Å². The minimum atomic E-state index is -0.651. The van der Waals surface area contributed by atoms with E-state index in [1.165, 1.54) is 0 Å². The van der Waals surface area contributed by atoms with Gasteiger partial charge in [-0.2, -0.15) is 0 Å². The van der Waals surface area contributed by atoms with Gasteiger partial charge in [-0.15, -0.1) is 0 Å². The van der Waals surface area contributed by atoms with Gasteiger partial charge in [-0.1, -0.05) is 37.1 Å². The van der Waals surface area contributed by atoms with E-state index in [-0.39, 0.29) is 0 Å². The number of halogens is 1. The zero-order chi connectivity index (χ0) is 13.9. The zero-order valence-electron chi connectivity index (χ0n) is 11.4. The maximum Gasteiger partial charge on any atom is 0.309 e. The van der Waals surface area contributed by atoms with Crippen LogP contribution in [0.2, 0.25) is 5.02 Å². The first-order valence-electron chi connectivity index (χ1n) is 7.03. The van der Waals surface area contributed by atoms with E-state index >= 15 is 0 Å². The molecule has 0 aliphatic heterocycles. The van der Waals surface area contributed by atoms with Crippen LogP contribution in [-0.2, 0) is 11.2 Å². The van der Waals surface area contributed by atoms with Crippen molar-refractivity contribution < 1.29 is 9.90 Å². The highest BCUT2D eigenvalue weighted by molar-refractivity contribution is 6.30. The number of hydrogen-bond acceptors (Lipinski definition) is 1. The van der Waals surface area contributed by atoms with Crippen molar-refractivity contribution in [1.29, 1.82) is 0 Å². The standard InChI is InChI=1S/C16H21ClO2/c1-2-12-6-8-16(9-7-12,15(18)19)11-13-4-3-5-14(17)10-13/h3-5,10,12H,2,6-9,11H2,1H3,(H,18,19). The summed E-state index contributed by atoms with van der Waals surface area (Å²) < 4.78 is 0. The first-order chi connectivity index (χ1) is 9.05. The molecule has 1 aliphatic rings. The molecule has 0 heterocycles. The van der Waals surface area contributed by atoms with Crippen LogP contribution in [0.5, 0.6) is 0 Å². The van der Waals surface area contributed by atoms with Gasteiger partial charge in [0.25, 0.3) is 0 Å². The molecule has 1 aliphatic carbocycles. The van der Waals surface area contributed by atoms with Crippen LogP contribution in [0.25, 0.3) is 0 Å². The molecule has 2 rings (SSSR count). The van der Waals surface area contributed by atoms with Crippen LogP contribution >= 0.6 is 11.6 Å². The van der Waals surface area contributed by atoms with Crippen molar-refractivity contribution >= 4 is 17.6 Å². The predicted molar refractivity (Wildman–Crippen MR) is 77.5 cm³/mol. The quantitative estimate of drug-likeness (QED) is 0.878. The van der Waals surface area contributed by atoms with Gasteiger partial charge in [0, 0.05) is 5.02 Å². The average molecular weight is 281 g/mol. The van der Waals surface area contributed by atoms with E-state index in [2.05, 4.69) is 6.92 Å². The number of aliphatic carboxylic acids is 1. The molecular formula is C16H21ClO2. The van der Waals surface area contributed by atoms with E-state index in [1.807, 2.05) is 24.3 Å².